The average Bonchev–Trinajstić information content (AvgIpc) is 2.63. The number of carbonyl (C=O) groups excluding carboxylic acids is 1. The number of nitrogens with one attached hydrogen (secondary N) is 1. The smallest absolute Gasteiger partial charge is 0.323 e. The van der Waals surface area contributed by atoms with E-state index in [-0.39, 0.29) is 12.0 Å². The van der Waals surface area contributed by atoms with Crippen LogP contribution in [0.3, 0.4) is 0 Å². The lowest BCUT2D eigenvalue weighted by molar-refractivity contribution is -0.139. The Morgan fingerprint density at radius 2 is 2.14 bits per heavy atom. The zero-order valence-electron chi connectivity index (χ0n) is 7.90. The van der Waals surface area contributed by atoms with Gasteiger partial charge in [-0.25, -0.2) is 0 Å². The van der Waals surface area contributed by atoms with E-state index in [1.54, 1.807) is 0 Å². The first-order chi connectivity index (χ1) is 6.86. The number of rotatable bonds is 3. The third-order valence-electron chi connectivity index (χ3n) is 2.33. The van der Waals surface area contributed by atoms with Gasteiger partial charge in [-0.3, -0.25) is 4.79 Å². The molecule has 1 fully saturated rings. The third-order valence-corrected chi connectivity index (χ3v) is 2.33. The maximum Gasteiger partial charge on any atom is 0.323 e. The van der Waals surface area contributed by atoms with Crippen LogP contribution < -0.4 is 5.32 Å². The van der Waals surface area contributed by atoms with Crippen LogP contribution in [0.25, 0.3) is 0 Å². The standard InChI is InChI=1S/C11H13NO2/c13-11-10(6-7-14-11)12-8-9-4-2-1-3-5-9/h1-5,10,12H,6-8H2. The lowest BCUT2D eigenvalue weighted by atomic mass is 10.2. The number of ether oxygens (including phenoxy) is 1. The third kappa shape index (κ3) is 2.12. The molecular formula is C11H13NO2. The summed E-state index contributed by atoms with van der Waals surface area (Å²) in [5, 5.41) is 3.17. The SMILES string of the molecule is O=C1OCCC1NCc1ccccc1. The number of hydrogen-bond donors (Lipinski definition) is 1. The van der Waals surface area contributed by atoms with E-state index >= 15 is 0 Å². The van der Waals surface area contributed by atoms with Gasteiger partial charge in [0.2, 0.25) is 0 Å². The molecule has 1 N–H and O–H groups in total. The number of carbonyl (C=O) groups is 1. The normalized spacial score (nSPS) is 20.9. The molecule has 0 saturated carbocycles. The van der Waals surface area contributed by atoms with Crippen LogP contribution in [0.2, 0.25) is 0 Å². The first-order valence-electron chi connectivity index (χ1n) is 4.80. The largest absolute Gasteiger partial charge is 0.464 e. The molecule has 3 nitrogen and oxygen atoms in total. The Kier molecular flexibility index (Phi) is 2.79. The van der Waals surface area contributed by atoms with Crippen molar-refractivity contribution in [2.24, 2.45) is 0 Å². The molecule has 3 heteroatoms. The Morgan fingerprint density at radius 1 is 1.36 bits per heavy atom. The molecule has 74 valence electrons. The highest BCUT2D eigenvalue weighted by Gasteiger charge is 2.25. The van der Waals surface area contributed by atoms with E-state index in [1.807, 2.05) is 30.3 Å². The highest BCUT2D eigenvalue weighted by atomic mass is 16.5. The van der Waals surface area contributed by atoms with Crippen LogP contribution >= 0.6 is 0 Å². The maximum atomic E-state index is 11.1. The van der Waals surface area contributed by atoms with Crippen molar-refractivity contribution in [3.63, 3.8) is 0 Å². The van der Waals surface area contributed by atoms with E-state index < -0.39 is 0 Å². The summed E-state index contributed by atoms with van der Waals surface area (Å²) in [4.78, 5) is 11.1. The molecule has 0 spiro atoms. The number of esters is 1. The lowest BCUT2D eigenvalue weighted by Gasteiger charge is -2.07. The molecule has 14 heavy (non-hydrogen) atoms. The number of benzene rings is 1. The Morgan fingerprint density at radius 3 is 2.79 bits per heavy atom. The molecule has 2 rings (SSSR count). The Bertz CT molecular complexity index is 310. The molecular weight excluding hydrogens is 178 g/mol. The fourth-order valence-electron chi connectivity index (χ4n) is 1.52. The first-order valence-corrected chi connectivity index (χ1v) is 4.80. The zero-order valence-corrected chi connectivity index (χ0v) is 7.90. The monoisotopic (exact) mass is 191 g/mol. The molecule has 1 unspecified atom stereocenters. The highest BCUT2D eigenvalue weighted by molar-refractivity contribution is 5.77. The van der Waals surface area contributed by atoms with Gasteiger partial charge >= 0.3 is 5.97 Å². The molecule has 1 heterocycles. The Balaban J connectivity index is 1.85. The minimum absolute atomic E-state index is 0.116. The van der Waals surface area contributed by atoms with E-state index in [9.17, 15) is 4.79 Å². The molecule has 1 aliphatic heterocycles. The van der Waals surface area contributed by atoms with E-state index in [4.69, 9.17) is 4.74 Å². The van der Waals surface area contributed by atoms with Crippen LogP contribution in [0.15, 0.2) is 30.3 Å². The van der Waals surface area contributed by atoms with Crippen LogP contribution in [-0.2, 0) is 16.1 Å². The van der Waals surface area contributed by atoms with E-state index in [1.165, 1.54) is 5.56 Å². The van der Waals surface area contributed by atoms with Gasteiger partial charge in [0.05, 0.1) is 6.61 Å². The molecule has 0 bridgehead atoms. The molecule has 1 atom stereocenters. The van der Waals surface area contributed by atoms with Crippen molar-refractivity contribution in [1.29, 1.82) is 0 Å². The van der Waals surface area contributed by atoms with Gasteiger partial charge in [0.15, 0.2) is 0 Å². The van der Waals surface area contributed by atoms with Crippen molar-refractivity contribution in [2.45, 2.75) is 19.0 Å². The summed E-state index contributed by atoms with van der Waals surface area (Å²) in [6.07, 6.45) is 0.783. The molecule has 1 aliphatic rings. The second-order valence-electron chi connectivity index (χ2n) is 3.38. The summed E-state index contributed by atoms with van der Waals surface area (Å²) in [5.41, 5.74) is 1.19. The topological polar surface area (TPSA) is 38.3 Å². The van der Waals surface area contributed by atoms with E-state index in [0.29, 0.717) is 6.61 Å². The summed E-state index contributed by atoms with van der Waals surface area (Å²) in [7, 11) is 0. The van der Waals surface area contributed by atoms with Gasteiger partial charge in [-0.2, -0.15) is 0 Å². The van der Waals surface area contributed by atoms with Crippen LogP contribution in [0, 0.1) is 0 Å². The van der Waals surface area contributed by atoms with Crippen LogP contribution in [0.1, 0.15) is 12.0 Å². The first kappa shape index (κ1) is 9.21. The van der Waals surface area contributed by atoms with Crippen molar-refractivity contribution in [2.75, 3.05) is 6.61 Å². The van der Waals surface area contributed by atoms with Crippen molar-refractivity contribution < 1.29 is 9.53 Å². The Labute approximate surface area is 83.1 Å². The van der Waals surface area contributed by atoms with Gasteiger partial charge in [0, 0.05) is 13.0 Å². The second kappa shape index (κ2) is 4.24. The highest BCUT2D eigenvalue weighted by Crippen LogP contribution is 2.07. The average molecular weight is 191 g/mol. The number of cyclic esters (lactones) is 1. The van der Waals surface area contributed by atoms with Gasteiger partial charge < -0.3 is 10.1 Å². The lowest BCUT2D eigenvalue weighted by Crippen LogP contribution is -2.32. The number of hydrogen-bond acceptors (Lipinski definition) is 3. The zero-order chi connectivity index (χ0) is 9.80. The molecule has 0 aliphatic carbocycles. The second-order valence-corrected chi connectivity index (χ2v) is 3.38. The fourth-order valence-corrected chi connectivity index (χ4v) is 1.52. The van der Waals surface area contributed by atoms with Crippen LogP contribution in [-0.4, -0.2) is 18.6 Å². The minimum Gasteiger partial charge on any atom is -0.464 e. The Hall–Kier alpha value is -1.35. The van der Waals surface area contributed by atoms with Gasteiger partial charge in [-0.1, -0.05) is 30.3 Å². The van der Waals surface area contributed by atoms with Crippen molar-refractivity contribution in [3.8, 4) is 0 Å². The molecule has 0 amide bonds. The fraction of sp³-hybridized carbons (Fsp3) is 0.364. The summed E-state index contributed by atoms with van der Waals surface area (Å²) in [6, 6.07) is 9.91. The minimum atomic E-state index is -0.124. The molecule has 1 aromatic rings. The molecule has 1 saturated heterocycles. The van der Waals surface area contributed by atoms with Crippen molar-refractivity contribution in [1.82, 2.24) is 5.32 Å². The summed E-state index contributed by atoms with van der Waals surface area (Å²) in [6.45, 7) is 1.27. The van der Waals surface area contributed by atoms with E-state index in [0.717, 1.165) is 13.0 Å². The predicted molar refractivity (Wildman–Crippen MR) is 52.6 cm³/mol. The quantitative estimate of drug-likeness (QED) is 0.727. The van der Waals surface area contributed by atoms with Gasteiger partial charge in [-0.15, -0.1) is 0 Å². The van der Waals surface area contributed by atoms with Crippen LogP contribution in [0.5, 0.6) is 0 Å². The summed E-state index contributed by atoms with van der Waals surface area (Å²) >= 11 is 0. The van der Waals surface area contributed by atoms with Crippen LogP contribution in [0.4, 0.5) is 0 Å². The predicted octanol–water partition coefficient (Wildman–Crippen LogP) is 1.09. The van der Waals surface area contributed by atoms with Gasteiger partial charge in [0.1, 0.15) is 6.04 Å². The summed E-state index contributed by atoms with van der Waals surface area (Å²) < 4.78 is 4.85. The molecule has 0 radical (unpaired) electrons. The van der Waals surface area contributed by atoms with Crippen molar-refractivity contribution >= 4 is 5.97 Å². The van der Waals surface area contributed by atoms with Crippen molar-refractivity contribution in [3.05, 3.63) is 35.9 Å². The van der Waals surface area contributed by atoms with E-state index in [2.05, 4.69) is 5.32 Å². The van der Waals surface area contributed by atoms with Gasteiger partial charge in [0.25, 0.3) is 0 Å². The molecule has 1 aromatic carbocycles. The van der Waals surface area contributed by atoms with Gasteiger partial charge in [-0.05, 0) is 5.56 Å². The summed E-state index contributed by atoms with van der Waals surface area (Å²) in [5.74, 6) is -0.124. The molecule has 0 aromatic heterocycles. The maximum absolute atomic E-state index is 11.1.